The molecule has 0 saturated carbocycles. The van der Waals surface area contributed by atoms with E-state index < -0.39 is 0 Å². The molecule has 0 aliphatic carbocycles. The van der Waals surface area contributed by atoms with Gasteiger partial charge in [-0.1, -0.05) is 36.8 Å². The Balaban J connectivity index is 2.06. The van der Waals surface area contributed by atoms with E-state index in [1.807, 2.05) is 11.7 Å². The SMILES string of the molecule is CCc1cc(CC(CO)Cc2cccc(C)c2)n(C)n1. The van der Waals surface area contributed by atoms with Crippen molar-refractivity contribution in [3.05, 3.63) is 52.8 Å². The van der Waals surface area contributed by atoms with E-state index in [4.69, 9.17) is 0 Å². The summed E-state index contributed by atoms with van der Waals surface area (Å²) < 4.78 is 1.94. The van der Waals surface area contributed by atoms with Gasteiger partial charge in [0.1, 0.15) is 0 Å². The highest BCUT2D eigenvalue weighted by molar-refractivity contribution is 5.23. The van der Waals surface area contributed by atoms with Crippen LogP contribution in [0.1, 0.15) is 29.4 Å². The van der Waals surface area contributed by atoms with Gasteiger partial charge in [0.15, 0.2) is 0 Å². The molecule has 1 heterocycles. The molecule has 2 aromatic rings. The van der Waals surface area contributed by atoms with Crippen LogP contribution in [-0.4, -0.2) is 21.5 Å². The molecule has 1 aromatic heterocycles. The average molecular weight is 272 g/mol. The van der Waals surface area contributed by atoms with E-state index >= 15 is 0 Å². The molecule has 108 valence electrons. The van der Waals surface area contributed by atoms with E-state index in [-0.39, 0.29) is 12.5 Å². The standard InChI is InChI=1S/C17H24N2O/c1-4-16-11-17(19(3)18-16)10-15(12-20)9-14-7-5-6-13(2)8-14/h5-8,11,15,20H,4,9-10,12H2,1-3H3. The molecule has 0 amide bonds. The number of aromatic nitrogens is 2. The van der Waals surface area contributed by atoms with Crippen molar-refractivity contribution in [1.82, 2.24) is 9.78 Å². The van der Waals surface area contributed by atoms with Crippen molar-refractivity contribution >= 4 is 0 Å². The van der Waals surface area contributed by atoms with Crippen molar-refractivity contribution in [2.24, 2.45) is 13.0 Å². The maximum atomic E-state index is 9.64. The largest absolute Gasteiger partial charge is 0.396 e. The molecular weight excluding hydrogens is 248 g/mol. The highest BCUT2D eigenvalue weighted by atomic mass is 16.3. The molecule has 1 atom stereocenters. The van der Waals surface area contributed by atoms with Crippen molar-refractivity contribution in [2.45, 2.75) is 33.1 Å². The Hall–Kier alpha value is -1.61. The van der Waals surface area contributed by atoms with E-state index in [9.17, 15) is 5.11 Å². The van der Waals surface area contributed by atoms with Gasteiger partial charge in [0.25, 0.3) is 0 Å². The highest BCUT2D eigenvalue weighted by Crippen LogP contribution is 2.16. The molecule has 0 aliphatic rings. The zero-order chi connectivity index (χ0) is 14.5. The molecule has 0 spiro atoms. The first-order valence-corrected chi connectivity index (χ1v) is 7.30. The second-order valence-electron chi connectivity index (χ2n) is 5.55. The molecular formula is C17H24N2O. The lowest BCUT2D eigenvalue weighted by Crippen LogP contribution is -2.15. The van der Waals surface area contributed by atoms with Gasteiger partial charge in [0, 0.05) is 19.3 Å². The van der Waals surface area contributed by atoms with Gasteiger partial charge < -0.3 is 5.11 Å². The van der Waals surface area contributed by atoms with Crippen molar-refractivity contribution in [1.29, 1.82) is 0 Å². The van der Waals surface area contributed by atoms with Gasteiger partial charge in [0.05, 0.1) is 5.69 Å². The van der Waals surface area contributed by atoms with Crippen LogP contribution in [0.5, 0.6) is 0 Å². The molecule has 1 aromatic carbocycles. The average Bonchev–Trinajstić information content (AvgIpc) is 2.78. The van der Waals surface area contributed by atoms with Crippen LogP contribution in [0.4, 0.5) is 0 Å². The van der Waals surface area contributed by atoms with Gasteiger partial charge in [-0.25, -0.2) is 0 Å². The summed E-state index contributed by atoms with van der Waals surface area (Å²) in [6.07, 6.45) is 2.73. The van der Waals surface area contributed by atoms with E-state index in [0.717, 1.165) is 25.0 Å². The molecule has 0 fully saturated rings. The van der Waals surface area contributed by atoms with E-state index in [0.29, 0.717) is 0 Å². The Bertz CT molecular complexity index is 560. The van der Waals surface area contributed by atoms with Gasteiger partial charge >= 0.3 is 0 Å². The molecule has 0 radical (unpaired) electrons. The smallest absolute Gasteiger partial charge is 0.0624 e. The summed E-state index contributed by atoms with van der Waals surface area (Å²) in [6, 6.07) is 10.7. The predicted octanol–water partition coefficient (Wildman–Crippen LogP) is 2.68. The molecule has 3 heteroatoms. The summed E-state index contributed by atoms with van der Waals surface area (Å²) in [7, 11) is 1.98. The Morgan fingerprint density at radius 1 is 1.25 bits per heavy atom. The zero-order valence-corrected chi connectivity index (χ0v) is 12.6. The first kappa shape index (κ1) is 14.8. The molecule has 1 N–H and O–H groups in total. The quantitative estimate of drug-likeness (QED) is 0.878. The van der Waals surface area contributed by atoms with Gasteiger partial charge in [0.2, 0.25) is 0 Å². The Labute approximate surface area is 121 Å². The predicted molar refractivity (Wildman–Crippen MR) is 81.7 cm³/mol. The number of nitrogens with zero attached hydrogens (tertiary/aromatic N) is 2. The van der Waals surface area contributed by atoms with Crippen molar-refractivity contribution in [2.75, 3.05) is 6.61 Å². The third-order valence-corrected chi connectivity index (χ3v) is 3.75. The maximum Gasteiger partial charge on any atom is 0.0624 e. The summed E-state index contributed by atoms with van der Waals surface area (Å²) in [5.41, 5.74) is 4.89. The molecule has 20 heavy (non-hydrogen) atoms. The number of aliphatic hydroxyl groups excluding tert-OH is 1. The van der Waals surface area contributed by atoms with Gasteiger partial charge in [-0.2, -0.15) is 5.10 Å². The van der Waals surface area contributed by atoms with Gasteiger partial charge in [-0.3, -0.25) is 4.68 Å². The number of benzene rings is 1. The number of aryl methyl sites for hydroxylation is 3. The number of hydrogen-bond acceptors (Lipinski definition) is 2. The Morgan fingerprint density at radius 3 is 2.65 bits per heavy atom. The van der Waals surface area contributed by atoms with Crippen LogP contribution < -0.4 is 0 Å². The molecule has 0 bridgehead atoms. The monoisotopic (exact) mass is 272 g/mol. The lowest BCUT2D eigenvalue weighted by atomic mass is 9.94. The Kier molecular flexibility index (Phi) is 4.96. The first-order chi connectivity index (χ1) is 9.62. The van der Waals surface area contributed by atoms with E-state index in [1.54, 1.807) is 0 Å². The van der Waals surface area contributed by atoms with Crippen LogP contribution in [0.3, 0.4) is 0 Å². The Morgan fingerprint density at radius 2 is 2.05 bits per heavy atom. The summed E-state index contributed by atoms with van der Waals surface area (Å²) in [5, 5.41) is 14.1. The van der Waals surface area contributed by atoms with Crippen LogP contribution in [0.15, 0.2) is 30.3 Å². The van der Waals surface area contributed by atoms with Crippen LogP contribution in [0, 0.1) is 12.8 Å². The molecule has 2 rings (SSSR count). The van der Waals surface area contributed by atoms with Crippen LogP contribution >= 0.6 is 0 Å². The third-order valence-electron chi connectivity index (χ3n) is 3.75. The molecule has 0 aliphatic heterocycles. The number of hydrogen-bond donors (Lipinski definition) is 1. The van der Waals surface area contributed by atoms with Gasteiger partial charge in [-0.15, -0.1) is 0 Å². The second-order valence-corrected chi connectivity index (χ2v) is 5.55. The first-order valence-electron chi connectivity index (χ1n) is 7.30. The molecule has 0 saturated heterocycles. The minimum absolute atomic E-state index is 0.209. The fraction of sp³-hybridized carbons (Fsp3) is 0.471. The second kappa shape index (κ2) is 6.71. The maximum absolute atomic E-state index is 9.64. The van der Waals surface area contributed by atoms with Crippen LogP contribution in [-0.2, 0) is 26.3 Å². The van der Waals surface area contributed by atoms with Crippen LogP contribution in [0.2, 0.25) is 0 Å². The normalized spacial score (nSPS) is 12.6. The topological polar surface area (TPSA) is 38.0 Å². The fourth-order valence-corrected chi connectivity index (χ4v) is 2.60. The number of rotatable bonds is 6. The van der Waals surface area contributed by atoms with Crippen molar-refractivity contribution < 1.29 is 5.11 Å². The van der Waals surface area contributed by atoms with Crippen LogP contribution in [0.25, 0.3) is 0 Å². The third kappa shape index (κ3) is 3.70. The van der Waals surface area contributed by atoms with E-state index in [2.05, 4.69) is 49.3 Å². The van der Waals surface area contributed by atoms with Gasteiger partial charge in [-0.05, 0) is 43.7 Å². The summed E-state index contributed by atoms with van der Waals surface area (Å²) in [6.45, 7) is 4.43. The lowest BCUT2D eigenvalue weighted by molar-refractivity contribution is 0.223. The fourth-order valence-electron chi connectivity index (χ4n) is 2.60. The summed E-state index contributed by atoms with van der Waals surface area (Å²) in [5.74, 6) is 0.247. The van der Waals surface area contributed by atoms with Crippen molar-refractivity contribution in [3.63, 3.8) is 0 Å². The zero-order valence-electron chi connectivity index (χ0n) is 12.6. The van der Waals surface area contributed by atoms with Crippen molar-refractivity contribution in [3.8, 4) is 0 Å². The molecule has 3 nitrogen and oxygen atoms in total. The lowest BCUT2D eigenvalue weighted by Gasteiger charge is -2.14. The summed E-state index contributed by atoms with van der Waals surface area (Å²) in [4.78, 5) is 0. The minimum Gasteiger partial charge on any atom is -0.396 e. The van der Waals surface area contributed by atoms with E-state index in [1.165, 1.54) is 16.8 Å². The summed E-state index contributed by atoms with van der Waals surface area (Å²) >= 11 is 0. The molecule has 1 unspecified atom stereocenters. The highest BCUT2D eigenvalue weighted by Gasteiger charge is 2.13. The minimum atomic E-state index is 0.209. The number of aliphatic hydroxyl groups is 1.